The number of nitrogens with one attached hydrogen (secondary N) is 1. The van der Waals surface area contributed by atoms with E-state index < -0.39 is 22.0 Å². The highest BCUT2D eigenvalue weighted by Gasteiger charge is 2.30. The second-order valence-corrected chi connectivity index (χ2v) is 12.4. The SMILES string of the molecule is Cc1ccc2cc(C(=O)NS(=O)(=O)CC3CCCN(C(=O)OCc4ccccc4)C3)n(CCOc3ccccc3)c2c1. The highest BCUT2D eigenvalue weighted by molar-refractivity contribution is 7.90. The number of piperidine rings is 1. The van der Waals surface area contributed by atoms with Crippen molar-refractivity contribution in [3.05, 3.63) is 102 Å². The number of rotatable bonds is 10. The first-order valence-corrected chi connectivity index (χ1v) is 15.7. The Morgan fingerprint density at radius 2 is 1.71 bits per heavy atom. The Labute approximate surface area is 246 Å². The Morgan fingerprint density at radius 1 is 0.976 bits per heavy atom. The molecule has 42 heavy (non-hydrogen) atoms. The number of aryl methyl sites for hydroxylation is 1. The molecule has 0 saturated carbocycles. The average molecular weight is 590 g/mol. The van der Waals surface area contributed by atoms with Crippen LogP contribution in [0.2, 0.25) is 0 Å². The van der Waals surface area contributed by atoms with E-state index in [0.717, 1.165) is 22.0 Å². The fourth-order valence-corrected chi connectivity index (χ4v) is 6.65. The van der Waals surface area contributed by atoms with E-state index in [0.29, 0.717) is 38.3 Å². The van der Waals surface area contributed by atoms with Crippen molar-refractivity contribution in [1.82, 2.24) is 14.2 Å². The van der Waals surface area contributed by atoms with Crippen LogP contribution in [0.1, 0.15) is 34.5 Å². The van der Waals surface area contributed by atoms with Gasteiger partial charge < -0.3 is 18.9 Å². The van der Waals surface area contributed by atoms with Crippen LogP contribution in [0, 0.1) is 12.8 Å². The van der Waals surface area contributed by atoms with Gasteiger partial charge in [0.05, 0.1) is 12.3 Å². The van der Waals surface area contributed by atoms with E-state index in [-0.39, 0.29) is 30.5 Å². The predicted octanol–water partition coefficient (Wildman–Crippen LogP) is 5.14. The second kappa shape index (κ2) is 13.1. The Kier molecular flexibility index (Phi) is 9.12. The zero-order chi connectivity index (χ0) is 29.5. The van der Waals surface area contributed by atoms with Gasteiger partial charge in [0.15, 0.2) is 0 Å². The molecule has 4 aromatic rings. The normalized spacial score (nSPS) is 15.4. The molecule has 1 aromatic heterocycles. The van der Waals surface area contributed by atoms with Gasteiger partial charge in [-0.2, -0.15) is 0 Å². The lowest BCUT2D eigenvalue weighted by molar-refractivity contribution is 0.0811. The van der Waals surface area contributed by atoms with Crippen LogP contribution in [0.15, 0.2) is 84.9 Å². The number of likely N-dealkylation sites (tertiary alicyclic amines) is 1. The first-order chi connectivity index (χ1) is 20.3. The molecule has 1 aliphatic heterocycles. The number of hydrogen-bond donors (Lipinski definition) is 1. The number of nitrogens with zero attached hydrogens (tertiary/aromatic N) is 2. The summed E-state index contributed by atoms with van der Waals surface area (Å²) in [5.74, 6) is -0.568. The lowest BCUT2D eigenvalue weighted by Crippen LogP contribution is -2.44. The van der Waals surface area contributed by atoms with Crippen molar-refractivity contribution in [2.75, 3.05) is 25.4 Å². The molecule has 0 spiro atoms. The minimum Gasteiger partial charge on any atom is -0.492 e. The maximum Gasteiger partial charge on any atom is 0.410 e. The standard InChI is InChI=1S/C32H35N3O6S/c1-24-14-15-27-20-30(35(29(27)19-24)17-18-40-28-12-6-3-7-13-28)31(36)33-42(38,39)23-26-11-8-16-34(21-26)32(37)41-22-25-9-4-2-5-10-25/h2-7,9-10,12-15,19-20,26H,8,11,16-18,21-23H2,1H3,(H,33,36). The number of aromatic nitrogens is 1. The third-order valence-corrected chi connectivity index (χ3v) is 8.71. The molecular formula is C32H35N3O6S. The molecule has 0 bridgehead atoms. The zero-order valence-corrected chi connectivity index (χ0v) is 24.4. The van der Waals surface area contributed by atoms with Crippen LogP contribution in [0.5, 0.6) is 5.75 Å². The van der Waals surface area contributed by atoms with E-state index in [4.69, 9.17) is 9.47 Å². The molecule has 1 aliphatic rings. The van der Waals surface area contributed by atoms with E-state index in [9.17, 15) is 18.0 Å². The number of amides is 2. The largest absolute Gasteiger partial charge is 0.492 e. The topological polar surface area (TPSA) is 107 Å². The summed E-state index contributed by atoms with van der Waals surface area (Å²) >= 11 is 0. The summed E-state index contributed by atoms with van der Waals surface area (Å²) in [5.41, 5.74) is 2.97. The van der Waals surface area contributed by atoms with Gasteiger partial charge in [0.25, 0.3) is 5.91 Å². The van der Waals surface area contributed by atoms with Crippen LogP contribution in [-0.2, 0) is 27.9 Å². The maximum absolute atomic E-state index is 13.4. The maximum atomic E-state index is 13.4. The van der Waals surface area contributed by atoms with Crippen molar-refractivity contribution in [2.24, 2.45) is 5.92 Å². The van der Waals surface area contributed by atoms with Crippen molar-refractivity contribution in [3.63, 3.8) is 0 Å². The van der Waals surface area contributed by atoms with Crippen LogP contribution in [0.25, 0.3) is 10.9 Å². The van der Waals surface area contributed by atoms with Crippen molar-refractivity contribution in [2.45, 2.75) is 32.9 Å². The molecule has 1 saturated heterocycles. The van der Waals surface area contributed by atoms with Crippen molar-refractivity contribution < 1.29 is 27.5 Å². The molecule has 5 rings (SSSR count). The number of benzene rings is 3. The summed E-state index contributed by atoms with van der Waals surface area (Å²) in [6.45, 7) is 3.52. The first kappa shape index (κ1) is 29.2. The van der Waals surface area contributed by atoms with E-state index in [1.807, 2.05) is 85.8 Å². The fourth-order valence-electron chi connectivity index (χ4n) is 5.29. The van der Waals surface area contributed by atoms with Crippen LogP contribution in [-0.4, -0.2) is 55.3 Å². The minimum absolute atomic E-state index is 0.152. The van der Waals surface area contributed by atoms with Crippen LogP contribution in [0.3, 0.4) is 0 Å². The van der Waals surface area contributed by atoms with Gasteiger partial charge in [-0.3, -0.25) is 4.79 Å². The molecule has 1 atom stereocenters. The third-order valence-electron chi connectivity index (χ3n) is 7.30. The van der Waals surface area contributed by atoms with Gasteiger partial charge in [-0.05, 0) is 61.1 Å². The summed E-state index contributed by atoms with van der Waals surface area (Å²) in [7, 11) is -3.98. The van der Waals surface area contributed by atoms with Gasteiger partial charge in [-0.25, -0.2) is 17.9 Å². The van der Waals surface area contributed by atoms with E-state index in [2.05, 4.69) is 4.72 Å². The van der Waals surface area contributed by atoms with Gasteiger partial charge in [-0.15, -0.1) is 0 Å². The van der Waals surface area contributed by atoms with Gasteiger partial charge in [0.1, 0.15) is 24.7 Å². The Bertz CT molecular complexity index is 1640. The fraction of sp³-hybridized carbons (Fsp3) is 0.312. The number of para-hydroxylation sites is 1. The highest BCUT2D eigenvalue weighted by Crippen LogP contribution is 2.23. The molecule has 0 radical (unpaired) electrons. The smallest absolute Gasteiger partial charge is 0.410 e. The Morgan fingerprint density at radius 3 is 2.48 bits per heavy atom. The number of carbonyl (C=O) groups is 2. The Balaban J connectivity index is 1.23. The van der Waals surface area contributed by atoms with Gasteiger partial charge in [0, 0.05) is 24.0 Å². The molecule has 220 valence electrons. The predicted molar refractivity (Wildman–Crippen MR) is 161 cm³/mol. The second-order valence-electron chi connectivity index (χ2n) is 10.6. The Hall–Kier alpha value is -4.31. The van der Waals surface area contributed by atoms with Crippen molar-refractivity contribution >= 4 is 32.9 Å². The summed E-state index contributed by atoms with van der Waals surface area (Å²) in [4.78, 5) is 27.6. The van der Waals surface area contributed by atoms with Crippen LogP contribution in [0.4, 0.5) is 4.79 Å². The molecule has 10 heteroatoms. The molecule has 9 nitrogen and oxygen atoms in total. The highest BCUT2D eigenvalue weighted by atomic mass is 32.2. The molecule has 1 N–H and O–H groups in total. The van der Waals surface area contributed by atoms with Gasteiger partial charge >= 0.3 is 6.09 Å². The number of fused-ring (bicyclic) bond motifs is 1. The lowest BCUT2D eigenvalue weighted by atomic mass is 10.0. The summed E-state index contributed by atoms with van der Waals surface area (Å²) in [5, 5.41) is 0.833. The first-order valence-electron chi connectivity index (χ1n) is 14.1. The van der Waals surface area contributed by atoms with Crippen LogP contribution < -0.4 is 9.46 Å². The lowest BCUT2D eigenvalue weighted by Gasteiger charge is -2.31. The van der Waals surface area contributed by atoms with E-state index >= 15 is 0 Å². The van der Waals surface area contributed by atoms with Gasteiger partial charge in [-0.1, -0.05) is 60.7 Å². The minimum atomic E-state index is -3.98. The molecule has 1 fully saturated rings. The quantitative estimate of drug-likeness (QED) is 0.275. The summed E-state index contributed by atoms with van der Waals surface area (Å²) < 4.78 is 41.6. The molecule has 1 unspecified atom stereocenters. The van der Waals surface area contributed by atoms with E-state index in [1.165, 1.54) is 0 Å². The third kappa shape index (κ3) is 7.50. The number of hydrogen-bond acceptors (Lipinski definition) is 6. The molecule has 3 aromatic carbocycles. The molecule has 2 amide bonds. The van der Waals surface area contributed by atoms with Crippen LogP contribution >= 0.6 is 0 Å². The van der Waals surface area contributed by atoms with E-state index in [1.54, 1.807) is 15.5 Å². The van der Waals surface area contributed by atoms with Gasteiger partial charge in [0.2, 0.25) is 10.0 Å². The van der Waals surface area contributed by atoms with Crippen molar-refractivity contribution in [3.8, 4) is 5.75 Å². The number of ether oxygens (including phenoxy) is 2. The molecule has 2 heterocycles. The zero-order valence-electron chi connectivity index (χ0n) is 23.6. The monoisotopic (exact) mass is 589 g/mol. The average Bonchev–Trinajstić information content (AvgIpc) is 3.34. The number of sulfonamides is 1. The van der Waals surface area contributed by atoms with Crippen molar-refractivity contribution in [1.29, 1.82) is 0 Å². The summed E-state index contributed by atoms with van der Waals surface area (Å²) in [6.07, 6.45) is 0.819. The number of carbonyl (C=O) groups excluding carboxylic acids is 2. The molecular weight excluding hydrogens is 554 g/mol. The molecule has 0 aliphatic carbocycles. The summed E-state index contributed by atoms with van der Waals surface area (Å²) in [6, 6.07) is 26.3.